The fourth-order valence-electron chi connectivity index (χ4n) is 1.70. The van der Waals surface area contributed by atoms with Gasteiger partial charge in [0.2, 0.25) is 5.91 Å². The van der Waals surface area contributed by atoms with Crippen molar-refractivity contribution in [2.24, 2.45) is 0 Å². The zero-order chi connectivity index (χ0) is 14.8. The van der Waals surface area contributed by atoms with Gasteiger partial charge in [0, 0.05) is 29.2 Å². The monoisotopic (exact) mass is 350 g/mol. The highest BCUT2D eigenvalue weighted by atomic mass is 79.9. The van der Waals surface area contributed by atoms with Gasteiger partial charge in [0.05, 0.1) is 5.56 Å². The molecule has 110 valence electrons. The van der Waals surface area contributed by atoms with Crippen molar-refractivity contribution < 1.29 is 18.0 Å². The van der Waals surface area contributed by atoms with Gasteiger partial charge in [-0.2, -0.15) is 13.2 Å². The summed E-state index contributed by atoms with van der Waals surface area (Å²) in [6, 6.07) is 4.21. The lowest BCUT2D eigenvalue weighted by Gasteiger charge is -2.12. The van der Waals surface area contributed by atoms with Crippen molar-refractivity contribution in [3.05, 3.63) is 28.2 Å². The SMILES string of the molecule is O=C(CCNc1ccc(Br)c(C(F)(F)F)c1)NC1CC1. The highest BCUT2D eigenvalue weighted by Gasteiger charge is 2.33. The summed E-state index contributed by atoms with van der Waals surface area (Å²) < 4.78 is 38.1. The maximum atomic E-state index is 12.7. The molecular formula is C13H14BrF3N2O. The third-order valence-corrected chi connectivity index (χ3v) is 3.59. The zero-order valence-corrected chi connectivity index (χ0v) is 12.1. The first-order valence-corrected chi connectivity index (χ1v) is 7.05. The van der Waals surface area contributed by atoms with E-state index in [0.717, 1.165) is 18.9 Å². The van der Waals surface area contributed by atoms with Crippen molar-refractivity contribution >= 4 is 27.5 Å². The first kappa shape index (κ1) is 15.2. The molecule has 2 rings (SSSR count). The lowest BCUT2D eigenvalue weighted by Crippen LogP contribution is -2.27. The van der Waals surface area contributed by atoms with Crippen LogP contribution in [-0.4, -0.2) is 18.5 Å². The summed E-state index contributed by atoms with van der Waals surface area (Å²) in [7, 11) is 0. The number of halogens is 4. The third kappa shape index (κ3) is 4.40. The van der Waals surface area contributed by atoms with Crippen LogP contribution in [0.2, 0.25) is 0 Å². The highest BCUT2D eigenvalue weighted by molar-refractivity contribution is 9.10. The number of amides is 1. The van der Waals surface area contributed by atoms with Gasteiger partial charge in [-0.15, -0.1) is 0 Å². The van der Waals surface area contributed by atoms with Crippen molar-refractivity contribution in [1.29, 1.82) is 0 Å². The molecule has 0 bridgehead atoms. The molecule has 0 aliphatic heterocycles. The first-order valence-electron chi connectivity index (χ1n) is 6.26. The third-order valence-electron chi connectivity index (χ3n) is 2.90. The van der Waals surface area contributed by atoms with Crippen LogP contribution in [0.1, 0.15) is 24.8 Å². The number of hydrogen-bond acceptors (Lipinski definition) is 2. The van der Waals surface area contributed by atoms with Crippen LogP contribution in [0.4, 0.5) is 18.9 Å². The molecule has 1 aromatic carbocycles. The van der Waals surface area contributed by atoms with Crippen LogP contribution in [0.5, 0.6) is 0 Å². The highest BCUT2D eigenvalue weighted by Crippen LogP contribution is 2.36. The molecule has 0 radical (unpaired) electrons. The maximum absolute atomic E-state index is 12.7. The summed E-state index contributed by atoms with van der Waals surface area (Å²) in [5, 5.41) is 5.65. The molecule has 1 aromatic rings. The number of hydrogen-bond donors (Lipinski definition) is 2. The predicted molar refractivity (Wildman–Crippen MR) is 73.4 cm³/mol. The lowest BCUT2D eigenvalue weighted by molar-refractivity contribution is -0.138. The van der Waals surface area contributed by atoms with Crippen LogP contribution in [-0.2, 0) is 11.0 Å². The Hall–Kier alpha value is -1.24. The Kier molecular flexibility index (Phi) is 4.57. The van der Waals surface area contributed by atoms with E-state index in [1.54, 1.807) is 0 Å². The van der Waals surface area contributed by atoms with Gasteiger partial charge in [0.1, 0.15) is 0 Å². The molecule has 1 aliphatic rings. The summed E-state index contributed by atoms with van der Waals surface area (Å²) >= 11 is 2.88. The summed E-state index contributed by atoms with van der Waals surface area (Å²) in [5.74, 6) is -0.0758. The smallest absolute Gasteiger partial charge is 0.385 e. The van der Waals surface area contributed by atoms with E-state index < -0.39 is 11.7 Å². The molecule has 1 aliphatic carbocycles. The standard InChI is InChI=1S/C13H14BrF3N2O/c14-11-4-3-9(7-10(11)13(15,16)17)18-6-5-12(20)19-8-1-2-8/h3-4,7-8,18H,1-2,5-6H2,(H,19,20). The average molecular weight is 351 g/mol. The molecule has 2 N–H and O–H groups in total. The number of nitrogens with one attached hydrogen (secondary N) is 2. The van der Waals surface area contributed by atoms with Crippen molar-refractivity contribution in [1.82, 2.24) is 5.32 Å². The fourth-order valence-corrected chi connectivity index (χ4v) is 2.17. The summed E-state index contributed by atoms with van der Waals surface area (Å²) in [6.45, 7) is 0.303. The van der Waals surface area contributed by atoms with Crippen molar-refractivity contribution in [3.8, 4) is 0 Å². The van der Waals surface area contributed by atoms with E-state index in [2.05, 4.69) is 26.6 Å². The Morgan fingerprint density at radius 1 is 1.35 bits per heavy atom. The van der Waals surface area contributed by atoms with Gasteiger partial charge in [0.25, 0.3) is 0 Å². The van der Waals surface area contributed by atoms with E-state index in [1.807, 2.05) is 0 Å². The van der Waals surface area contributed by atoms with E-state index in [-0.39, 0.29) is 16.8 Å². The Morgan fingerprint density at radius 2 is 2.05 bits per heavy atom. The quantitative estimate of drug-likeness (QED) is 0.852. The second-order valence-electron chi connectivity index (χ2n) is 4.71. The van der Waals surface area contributed by atoms with Crippen molar-refractivity contribution in [2.75, 3.05) is 11.9 Å². The molecule has 0 atom stereocenters. The van der Waals surface area contributed by atoms with E-state index >= 15 is 0 Å². The zero-order valence-electron chi connectivity index (χ0n) is 10.6. The van der Waals surface area contributed by atoms with Gasteiger partial charge in [0.15, 0.2) is 0 Å². The number of carbonyl (C=O) groups excluding carboxylic acids is 1. The van der Waals surface area contributed by atoms with Crippen LogP contribution in [0, 0.1) is 0 Å². The molecule has 20 heavy (non-hydrogen) atoms. The number of rotatable bonds is 5. The average Bonchev–Trinajstić information content (AvgIpc) is 3.13. The number of carbonyl (C=O) groups is 1. The number of benzene rings is 1. The van der Waals surface area contributed by atoms with Gasteiger partial charge >= 0.3 is 6.18 Å². The van der Waals surface area contributed by atoms with E-state index in [0.29, 0.717) is 18.3 Å². The van der Waals surface area contributed by atoms with E-state index in [4.69, 9.17) is 0 Å². The van der Waals surface area contributed by atoms with Crippen molar-refractivity contribution in [3.63, 3.8) is 0 Å². The van der Waals surface area contributed by atoms with Gasteiger partial charge < -0.3 is 10.6 Å². The molecule has 0 unspecified atom stereocenters. The molecule has 0 aromatic heterocycles. The molecular weight excluding hydrogens is 337 g/mol. The summed E-state index contributed by atoms with van der Waals surface area (Å²) in [4.78, 5) is 11.4. The van der Waals surface area contributed by atoms with Gasteiger partial charge in [-0.25, -0.2) is 0 Å². The first-order chi connectivity index (χ1) is 9.36. The number of alkyl halides is 3. The Balaban J connectivity index is 1.87. The fraction of sp³-hybridized carbons (Fsp3) is 0.462. The van der Waals surface area contributed by atoms with Crippen LogP contribution < -0.4 is 10.6 Å². The minimum atomic E-state index is -4.40. The molecule has 0 spiro atoms. The van der Waals surface area contributed by atoms with Crippen LogP contribution in [0.3, 0.4) is 0 Å². The van der Waals surface area contributed by atoms with Crippen molar-refractivity contribution in [2.45, 2.75) is 31.5 Å². The second-order valence-corrected chi connectivity index (χ2v) is 5.57. The minimum absolute atomic E-state index is 0.00188. The van der Waals surface area contributed by atoms with Gasteiger partial charge in [-0.1, -0.05) is 15.9 Å². The van der Waals surface area contributed by atoms with Gasteiger partial charge in [-0.3, -0.25) is 4.79 Å². The van der Waals surface area contributed by atoms with E-state index in [1.165, 1.54) is 12.1 Å². The molecule has 1 fully saturated rings. The molecule has 7 heteroatoms. The second kappa shape index (κ2) is 6.03. The Morgan fingerprint density at radius 3 is 2.65 bits per heavy atom. The summed E-state index contributed by atoms with van der Waals surface area (Å²) in [6.07, 6.45) is -2.13. The van der Waals surface area contributed by atoms with E-state index in [9.17, 15) is 18.0 Å². The Bertz CT molecular complexity index is 501. The van der Waals surface area contributed by atoms with Crippen LogP contribution in [0.15, 0.2) is 22.7 Å². The molecule has 0 heterocycles. The molecule has 1 amide bonds. The van der Waals surface area contributed by atoms with Crippen LogP contribution in [0.25, 0.3) is 0 Å². The topological polar surface area (TPSA) is 41.1 Å². The Labute approximate surface area is 123 Å². The molecule has 3 nitrogen and oxygen atoms in total. The molecule has 1 saturated carbocycles. The largest absolute Gasteiger partial charge is 0.417 e. The van der Waals surface area contributed by atoms with Crippen LogP contribution >= 0.6 is 15.9 Å². The minimum Gasteiger partial charge on any atom is -0.385 e. The maximum Gasteiger partial charge on any atom is 0.417 e. The van der Waals surface area contributed by atoms with Gasteiger partial charge in [-0.05, 0) is 31.0 Å². The predicted octanol–water partition coefficient (Wildman–Crippen LogP) is 3.55. The summed E-state index contributed by atoms with van der Waals surface area (Å²) in [5.41, 5.74) is -0.385. The lowest BCUT2D eigenvalue weighted by atomic mass is 10.2. The molecule has 0 saturated heterocycles. The normalized spacial score (nSPS) is 15.0. The number of anilines is 1.